The van der Waals surface area contributed by atoms with Crippen molar-refractivity contribution < 1.29 is 0 Å². The quantitative estimate of drug-likeness (QED) is 0.181. The van der Waals surface area contributed by atoms with E-state index < -0.39 is 0 Å². The molecule has 0 atom stereocenters. The third-order valence-electron chi connectivity index (χ3n) is 12.7. The zero-order valence-corrected chi connectivity index (χ0v) is 32.4. The second-order valence-corrected chi connectivity index (χ2v) is 16.9. The Morgan fingerprint density at radius 3 is 1.31 bits per heavy atom. The Morgan fingerprint density at radius 2 is 0.818 bits per heavy atom. The van der Waals surface area contributed by atoms with Gasteiger partial charge in [0.05, 0.1) is 40.3 Å². The Balaban J connectivity index is 0.953. The van der Waals surface area contributed by atoms with Gasteiger partial charge in [0.15, 0.2) is 0 Å². The highest BCUT2D eigenvalue weighted by atomic mass is 15.2. The van der Waals surface area contributed by atoms with Gasteiger partial charge in [-0.1, -0.05) is 145 Å². The van der Waals surface area contributed by atoms with Gasteiger partial charge in [-0.05, 0) is 105 Å². The van der Waals surface area contributed by atoms with Crippen molar-refractivity contribution in [1.82, 2.24) is 4.98 Å². The molecule has 3 nitrogen and oxygen atoms in total. The normalized spacial score (nSPS) is 16.5. The lowest BCUT2D eigenvalue weighted by Gasteiger charge is -2.42. The number of benzene rings is 6. The first kappa shape index (κ1) is 33.4. The monoisotopic (exact) mass is 711 g/mol. The van der Waals surface area contributed by atoms with Gasteiger partial charge in [-0.15, -0.1) is 0 Å². The van der Waals surface area contributed by atoms with Crippen LogP contribution in [0, 0.1) is 0 Å². The highest BCUT2D eigenvalue weighted by Gasteiger charge is 2.40. The first-order valence-electron chi connectivity index (χ1n) is 19.5. The van der Waals surface area contributed by atoms with Crippen molar-refractivity contribution in [2.75, 3.05) is 9.80 Å². The molecule has 0 N–H and O–H groups in total. The summed E-state index contributed by atoms with van der Waals surface area (Å²) >= 11 is 0. The van der Waals surface area contributed by atoms with Crippen molar-refractivity contribution in [3.05, 3.63) is 196 Å². The van der Waals surface area contributed by atoms with Crippen LogP contribution in [0.3, 0.4) is 0 Å². The van der Waals surface area contributed by atoms with Crippen LogP contribution in [0.2, 0.25) is 0 Å². The lowest BCUT2D eigenvalue weighted by molar-refractivity contribution is 0.631. The second kappa shape index (κ2) is 11.9. The second-order valence-electron chi connectivity index (χ2n) is 16.9. The summed E-state index contributed by atoms with van der Waals surface area (Å²) in [7, 11) is 0. The van der Waals surface area contributed by atoms with Crippen molar-refractivity contribution in [1.29, 1.82) is 0 Å². The fourth-order valence-electron chi connectivity index (χ4n) is 9.69. The molecule has 10 rings (SSSR count). The molecule has 0 spiro atoms. The Labute approximate surface area is 325 Å². The first-order chi connectivity index (χ1) is 26.5. The average Bonchev–Trinajstić information content (AvgIpc) is 3.43. The molecule has 3 heterocycles. The molecule has 0 saturated carbocycles. The number of para-hydroxylation sites is 4. The number of hydrogen-bond donors (Lipinski definition) is 0. The van der Waals surface area contributed by atoms with Crippen molar-refractivity contribution in [3.63, 3.8) is 0 Å². The number of fused-ring (bicyclic) bond motifs is 7. The molecular formula is C52H45N3. The smallest absolute Gasteiger partial charge is 0.0645 e. The van der Waals surface area contributed by atoms with Crippen LogP contribution in [-0.2, 0) is 16.2 Å². The zero-order chi connectivity index (χ0) is 37.7. The minimum atomic E-state index is -0.159. The summed E-state index contributed by atoms with van der Waals surface area (Å²) in [4.78, 5) is 9.76. The van der Waals surface area contributed by atoms with Crippen LogP contribution in [0.4, 0.5) is 34.1 Å². The van der Waals surface area contributed by atoms with E-state index in [2.05, 4.69) is 209 Å². The molecule has 268 valence electrons. The van der Waals surface area contributed by atoms with E-state index in [1.165, 1.54) is 78.5 Å². The minimum absolute atomic E-state index is 0.0827. The van der Waals surface area contributed by atoms with Gasteiger partial charge in [0.25, 0.3) is 0 Å². The third-order valence-corrected chi connectivity index (χ3v) is 12.7. The summed E-state index contributed by atoms with van der Waals surface area (Å²) < 4.78 is 0. The van der Waals surface area contributed by atoms with Crippen molar-refractivity contribution in [3.8, 4) is 11.1 Å². The Kier molecular flexibility index (Phi) is 7.23. The molecule has 0 amide bonds. The molecule has 0 saturated heterocycles. The van der Waals surface area contributed by atoms with Crippen molar-refractivity contribution >= 4 is 46.3 Å². The summed E-state index contributed by atoms with van der Waals surface area (Å²) in [5.41, 5.74) is 19.7. The lowest BCUT2D eigenvalue weighted by Crippen LogP contribution is -2.30. The number of nitrogens with zero attached hydrogens (tertiary/aromatic N) is 3. The number of rotatable bonds is 4. The van der Waals surface area contributed by atoms with Crippen LogP contribution in [0.25, 0.3) is 23.3 Å². The van der Waals surface area contributed by atoms with Crippen molar-refractivity contribution in [2.45, 2.75) is 57.8 Å². The van der Waals surface area contributed by atoms with Crippen LogP contribution >= 0.6 is 0 Å². The molecule has 6 aromatic carbocycles. The predicted molar refractivity (Wildman–Crippen MR) is 231 cm³/mol. The van der Waals surface area contributed by atoms with Gasteiger partial charge in [0.2, 0.25) is 0 Å². The minimum Gasteiger partial charge on any atom is -0.310 e. The molecule has 0 bridgehead atoms. The van der Waals surface area contributed by atoms with Crippen LogP contribution in [0.1, 0.15) is 86.2 Å². The van der Waals surface area contributed by atoms with Crippen LogP contribution in [0.15, 0.2) is 152 Å². The number of aromatic nitrogens is 1. The van der Waals surface area contributed by atoms with Gasteiger partial charge in [0, 0.05) is 21.9 Å². The highest BCUT2D eigenvalue weighted by molar-refractivity contribution is 5.90. The first-order valence-corrected chi connectivity index (χ1v) is 19.5. The molecule has 2 aliphatic heterocycles. The Bertz CT molecular complexity index is 2600. The van der Waals surface area contributed by atoms with E-state index in [9.17, 15) is 0 Å². The van der Waals surface area contributed by atoms with Crippen LogP contribution in [0.5, 0.6) is 0 Å². The van der Waals surface area contributed by atoms with E-state index in [0.717, 1.165) is 11.4 Å². The maximum Gasteiger partial charge on any atom is 0.0645 e. The van der Waals surface area contributed by atoms with Crippen LogP contribution < -0.4 is 9.80 Å². The maximum atomic E-state index is 4.95. The molecule has 1 aromatic heterocycles. The Morgan fingerprint density at radius 1 is 0.400 bits per heavy atom. The summed E-state index contributed by atoms with van der Waals surface area (Å²) in [5.74, 6) is 0. The topological polar surface area (TPSA) is 19.4 Å². The molecule has 0 fully saturated rings. The van der Waals surface area contributed by atoms with E-state index in [0.29, 0.717) is 0 Å². The summed E-state index contributed by atoms with van der Waals surface area (Å²) in [6.07, 6.45) is 6.34. The fourth-order valence-corrected chi connectivity index (χ4v) is 9.69. The standard InChI is InChI=1S/C52H45N3/c1-50(2)40-15-7-11-19-46(40)54(47-20-12-8-16-41(47)50)36-28-30-39-38-29-24-34(31-44(38)52(5,6)45(39)32-36)23-25-35-26-27-37(33-53-35)55-48-21-13-9-17-42(48)51(3,4)43-18-10-14-22-49(43)55/h7-33H,1-6H3. The molecule has 0 unspecified atom stereocenters. The van der Waals surface area contributed by atoms with E-state index in [4.69, 9.17) is 4.98 Å². The molecule has 1 aliphatic carbocycles. The average molecular weight is 712 g/mol. The molecule has 3 heteroatoms. The molecule has 7 aromatic rings. The van der Waals surface area contributed by atoms with E-state index in [-0.39, 0.29) is 16.2 Å². The van der Waals surface area contributed by atoms with E-state index >= 15 is 0 Å². The number of pyridine rings is 1. The van der Waals surface area contributed by atoms with E-state index in [1.54, 1.807) is 0 Å². The highest BCUT2D eigenvalue weighted by Crippen LogP contribution is 2.55. The van der Waals surface area contributed by atoms with Gasteiger partial charge < -0.3 is 9.80 Å². The lowest BCUT2D eigenvalue weighted by atomic mass is 9.73. The van der Waals surface area contributed by atoms with E-state index in [1.807, 2.05) is 6.20 Å². The maximum absolute atomic E-state index is 4.95. The number of anilines is 6. The molecule has 0 radical (unpaired) electrons. The van der Waals surface area contributed by atoms with Crippen LogP contribution in [-0.4, -0.2) is 4.98 Å². The summed E-state index contributed by atoms with van der Waals surface area (Å²) in [6, 6.07) is 53.6. The third kappa shape index (κ3) is 4.92. The zero-order valence-electron chi connectivity index (χ0n) is 32.4. The van der Waals surface area contributed by atoms with Gasteiger partial charge in [0.1, 0.15) is 0 Å². The SMILES string of the molecule is CC1(C)c2cc(C=Cc3ccc(N4c5ccccc5C(C)(C)c5ccccc54)cn3)ccc2-c2ccc(N3c4ccccc4C(C)(C)c4ccccc43)cc21. The fraction of sp³-hybridized carbons (Fsp3) is 0.173. The molecule has 3 aliphatic rings. The van der Waals surface area contributed by atoms with Gasteiger partial charge >= 0.3 is 0 Å². The largest absolute Gasteiger partial charge is 0.310 e. The summed E-state index contributed by atoms with van der Waals surface area (Å²) in [5, 5.41) is 0. The van der Waals surface area contributed by atoms with Gasteiger partial charge in [-0.25, -0.2) is 0 Å². The van der Waals surface area contributed by atoms with Gasteiger partial charge in [-0.3, -0.25) is 4.98 Å². The predicted octanol–water partition coefficient (Wildman–Crippen LogP) is 13.8. The Hall–Kier alpha value is -6.19. The molecule has 55 heavy (non-hydrogen) atoms. The summed E-state index contributed by atoms with van der Waals surface area (Å²) in [6.45, 7) is 14.1. The molecular weight excluding hydrogens is 667 g/mol. The number of hydrogen-bond acceptors (Lipinski definition) is 3. The van der Waals surface area contributed by atoms with Crippen molar-refractivity contribution in [2.24, 2.45) is 0 Å². The van der Waals surface area contributed by atoms with Gasteiger partial charge in [-0.2, -0.15) is 0 Å².